The minimum atomic E-state index is 0.364. The average molecular weight is 266 g/mol. The minimum absolute atomic E-state index is 0.364. The van der Waals surface area contributed by atoms with Gasteiger partial charge < -0.3 is 9.64 Å². The summed E-state index contributed by atoms with van der Waals surface area (Å²) in [6, 6.07) is 6.14. The molecule has 2 aliphatic rings. The molecule has 0 aromatic heterocycles. The smallest absolute Gasteiger partial charge is 0.151 e. The number of anilines is 1. The van der Waals surface area contributed by atoms with Crippen molar-refractivity contribution in [1.29, 1.82) is 0 Å². The number of benzene rings is 1. The van der Waals surface area contributed by atoms with E-state index in [1.54, 1.807) is 6.07 Å². The summed E-state index contributed by atoms with van der Waals surface area (Å²) in [5, 5.41) is 0.531. The molecule has 1 heterocycles. The standard InChI is InChI=1S/C14H16ClNO2/c15-12-8-11(5-4-10(12)9-17)16-6-7-18-14-3-1-2-13(14)16/h4-5,8-9,13-14H,1-3,6-7H2. The van der Waals surface area contributed by atoms with E-state index >= 15 is 0 Å². The number of carbonyl (C=O) groups is 1. The van der Waals surface area contributed by atoms with Gasteiger partial charge in [-0.25, -0.2) is 0 Å². The highest BCUT2D eigenvalue weighted by Gasteiger charge is 2.36. The maximum atomic E-state index is 10.8. The molecule has 1 aromatic carbocycles. The Bertz CT molecular complexity index is 463. The molecule has 2 atom stereocenters. The van der Waals surface area contributed by atoms with Crippen LogP contribution < -0.4 is 4.90 Å². The molecular weight excluding hydrogens is 250 g/mol. The van der Waals surface area contributed by atoms with Gasteiger partial charge in [0.25, 0.3) is 0 Å². The highest BCUT2D eigenvalue weighted by atomic mass is 35.5. The number of nitrogens with zero attached hydrogens (tertiary/aromatic N) is 1. The minimum Gasteiger partial charge on any atom is -0.374 e. The number of rotatable bonds is 2. The molecular formula is C14H16ClNO2. The van der Waals surface area contributed by atoms with E-state index < -0.39 is 0 Å². The van der Waals surface area contributed by atoms with E-state index in [1.165, 1.54) is 12.8 Å². The van der Waals surface area contributed by atoms with E-state index in [-0.39, 0.29) is 0 Å². The summed E-state index contributed by atoms with van der Waals surface area (Å²) in [6.07, 6.45) is 4.72. The van der Waals surface area contributed by atoms with Crippen LogP contribution in [0, 0.1) is 0 Å². The second-order valence-corrected chi connectivity index (χ2v) is 5.33. The van der Waals surface area contributed by atoms with Gasteiger partial charge in [-0.1, -0.05) is 11.6 Å². The van der Waals surface area contributed by atoms with Gasteiger partial charge in [-0.05, 0) is 37.5 Å². The third-order valence-corrected chi connectivity index (χ3v) is 4.25. The van der Waals surface area contributed by atoms with E-state index in [0.717, 1.165) is 31.5 Å². The van der Waals surface area contributed by atoms with Crippen molar-refractivity contribution in [1.82, 2.24) is 0 Å². The van der Waals surface area contributed by atoms with Crippen molar-refractivity contribution in [2.24, 2.45) is 0 Å². The molecule has 0 N–H and O–H groups in total. The Morgan fingerprint density at radius 2 is 2.28 bits per heavy atom. The Balaban J connectivity index is 1.89. The van der Waals surface area contributed by atoms with Crippen molar-refractivity contribution in [2.75, 3.05) is 18.1 Å². The third kappa shape index (κ3) is 2.02. The topological polar surface area (TPSA) is 29.5 Å². The SMILES string of the molecule is O=Cc1ccc(N2CCOC3CCCC32)cc1Cl. The third-order valence-electron chi connectivity index (χ3n) is 3.92. The van der Waals surface area contributed by atoms with Crippen LogP contribution in [0.15, 0.2) is 18.2 Å². The van der Waals surface area contributed by atoms with Crippen LogP contribution in [-0.2, 0) is 4.74 Å². The molecule has 1 saturated carbocycles. The Labute approximate surface area is 112 Å². The molecule has 1 aliphatic carbocycles. The van der Waals surface area contributed by atoms with Gasteiger partial charge in [-0.15, -0.1) is 0 Å². The zero-order chi connectivity index (χ0) is 12.5. The van der Waals surface area contributed by atoms with Crippen LogP contribution >= 0.6 is 11.6 Å². The molecule has 2 unspecified atom stereocenters. The summed E-state index contributed by atoms with van der Waals surface area (Å²) in [4.78, 5) is 13.2. The van der Waals surface area contributed by atoms with Crippen LogP contribution in [0.1, 0.15) is 29.6 Å². The predicted molar refractivity (Wildman–Crippen MR) is 71.6 cm³/mol. The number of halogens is 1. The molecule has 1 aromatic rings. The molecule has 0 radical (unpaired) electrons. The van der Waals surface area contributed by atoms with E-state index in [2.05, 4.69) is 4.90 Å². The number of ether oxygens (including phenoxy) is 1. The Kier molecular flexibility index (Phi) is 3.27. The highest BCUT2D eigenvalue weighted by molar-refractivity contribution is 6.33. The average Bonchev–Trinajstić information content (AvgIpc) is 2.86. The van der Waals surface area contributed by atoms with Gasteiger partial charge in [-0.2, -0.15) is 0 Å². The maximum Gasteiger partial charge on any atom is 0.151 e. The second-order valence-electron chi connectivity index (χ2n) is 4.92. The lowest BCUT2D eigenvalue weighted by Crippen LogP contribution is -2.48. The number of carbonyl (C=O) groups excluding carboxylic acids is 1. The maximum absolute atomic E-state index is 10.8. The molecule has 18 heavy (non-hydrogen) atoms. The van der Waals surface area contributed by atoms with E-state index in [4.69, 9.17) is 16.3 Å². The zero-order valence-corrected chi connectivity index (χ0v) is 10.9. The molecule has 1 saturated heterocycles. The summed E-state index contributed by atoms with van der Waals surface area (Å²) >= 11 is 6.10. The molecule has 0 bridgehead atoms. The predicted octanol–water partition coefficient (Wildman–Crippen LogP) is 2.91. The van der Waals surface area contributed by atoms with Crippen molar-refractivity contribution >= 4 is 23.6 Å². The fourth-order valence-corrected chi connectivity index (χ4v) is 3.26. The van der Waals surface area contributed by atoms with Crippen LogP contribution in [0.3, 0.4) is 0 Å². The quantitative estimate of drug-likeness (QED) is 0.770. The number of fused-ring (bicyclic) bond motifs is 1. The lowest BCUT2D eigenvalue weighted by Gasteiger charge is -2.39. The van der Waals surface area contributed by atoms with Gasteiger partial charge in [0, 0.05) is 17.8 Å². The first kappa shape index (κ1) is 12.0. The molecule has 96 valence electrons. The summed E-state index contributed by atoms with van der Waals surface area (Å²) in [5.74, 6) is 0. The van der Waals surface area contributed by atoms with Crippen molar-refractivity contribution in [3.63, 3.8) is 0 Å². The van der Waals surface area contributed by atoms with Crippen LogP contribution in [0.2, 0.25) is 5.02 Å². The van der Waals surface area contributed by atoms with E-state index in [9.17, 15) is 4.79 Å². The van der Waals surface area contributed by atoms with Crippen molar-refractivity contribution in [3.8, 4) is 0 Å². The zero-order valence-electron chi connectivity index (χ0n) is 10.1. The monoisotopic (exact) mass is 265 g/mol. The fourth-order valence-electron chi connectivity index (χ4n) is 3.04. The van der Waals surface area contributed by atoms with Gasteiger partial charge >= 0.3 is 0 Å². The molecule has 4 heteroatoms. The Morgan fingerprint density at radius 1 is 1.39 bits per heavy atom. The number of morpholine rings is 1. The Hall–Kier alpha value is -1.06. The molecule has 1 aliphatic heterocycles. The second kappa shape index (κ2) is 4.90. The largest absolute Gasteiger partial charge is 0.374 e. The lowest BCUT2D eigenvalue weighted by molar-refractivity contribution is 0.0256. The molecule has 0 amide bonds. The summed E-state index contributed by atoms with van der Waals surface area (Å²) in [6.45, 7) is 1.67. The summed E-state index contributed by atoms with van der Waals surface area (Å²) in [5.41, 5.74) is 1.66. The summed E-state index contributed by atoms with van der Waals surface area (Å²) < 4.78 is 5.80. The van der Waals surface area contributed by atoms with Gasteiger partial charge in [0.1, 0.15) is 0 Å². The van der Waals surface area contributed by atoms with Crippen LogP contribution in [0.4, 0.5) is 5.69 Å². The van der Waals surface area contributed by atoms with Crippen molar-refractivity contribution in [3.05, 3.63) is 28.8 Å². The first-order valence-corrected chi connectivity index (χ1v) is 6.80. The number of hydrogen-bond acceptors (Lipinski definition) is 3. The molecule has 2 fully saturated rings. The fraction of sp³-hybridized carbons (Fsp3) is 0.500. The van der Waals surface area contributed by atoms with Crippen molar-refractivity contribution in [2.45, 2.75) is 31.4 Å². The lowest BCUT2D eigenvalue weighted by atomic mass is 10.1. The first-order chi connectivity index (χ1) is 8.79. The summed E-state index contributed by atoms with van der Waals surface area (Å²) in [7, 11) is 0. The van der Waals surface area contributed by atoms with Gasteiger partial charge in [0.05, 0.1) is 23.8 Å². The van der Waals surface area contributed by atoms with E-state index in [0.29, 0.717) is 22.7 Å². The van der Waals surface area contributed by atoms with Gasteiger partial charge in [0.2, 0.25) is 0 Å². The molecule has 3 nitrogen and oxygen atoms in total. The van der Waals surface area contributed by atoms with E-state index in [1.807, 2.05) is 12.1 Å². The normalized spacial score (nSPS) is 27.1. The van der Waals surface area contributed by atoms with Gasteiger partial charge in [-0.3, -0.25) is 4.79 Å². The Morgan fingerprint density at radius 3 is 3.06 bits per heavy atom. The first-order valence-electron chi connectivity index (χ1n) is 6.42. The molecule has 0 spiro atoms. The molecule has 3 rings (SSSR count). The van der Waals surface area contributed by atoms with Crippen LogP contribution in [-0.4, -0.2) is 31.6 Å². The number of hydrogen-bond donors (Lipinski definition) is 0. The number of aldehydes is 1. The van der Waals surface area contributed by atoms with Crippen LogP contribution in [0.25, 0.3) is 0 Å². The van der Waals surface area contributed by atoms with Gasteiger partial charge in [0.15, 0.2) is 6.29 Å². The van der Waals surface area contributed by atoms with Crippen molar-refractivity contribution < 1.29 is 9.53 Å². The highest BCUT2D eigenvalue weighted by Crippen LogP contribution is 2.34. The van der Waals surface area contributed by atoms with Crippen LogP contribution in [0.5, 0.6) is 0 Å².